The van der Waals surface area contributed by atoms with E-state index in [9.17, 15) is 19.5 Å². The molecule has 0 aliphatic heterocycles. The maximum Gasteiger partial charge on any atom is 0.326 e. The standard InChI is InChI=1S/C18H19ClN4O5/c1-28-15(7-10-8-21-13-4-2-3-12(19)16(10)13)17(25)23-14(18(26)27)6-5-11(24)9-22-20/h2-4,8-9,14-15,21H,5-7H2,1H3,(H,23,25)(H,26,27)/t14-,15-/m0/s1. The Morgan fingerprint density at radius 1 is 1.43 bits per heavy atom. The Kier molecular flexibility index (Phi) is 7.45. The van der Waals surface area contributed by atoms with Crippen LogP contribution in [0.4, 0.5) is 0 Å². The van der Waals surface area contributed by atoms with Crippen molar-refractivity contribution in [2.45, 2.75) is 31.4 Å². The average Bonchev–Trinajstić information content (AvgIpc) is 3.07. The summed E-state index contributed by atoms with van der Waals surface area (Å²) in [6.07, 6.45) is 1.27. The van der Waals surface area contributed by atoms with E-state index >= 15 is 0 Å². The molecular weight excluding hydrogens is 388 g/mol. The van der Waals surface area contributed by atoms with E-state index in [2.05, 4.69) is 15.1 Å². The maximum absolute atomic E-state index is 12.5. The summed E-state index contributed by atoms with van der Waals surface area (Å²) in [7, 11) is 1.34. The Hall–Kier alpha value is -3.00. The van der Waals surface area contributed by atoms with Crippen LogP contribution in [0, 0.1) is 0 Å². The number of Topliss-reactive ketones (excluding diaryl/α,β-unsaturated/α-hetero) is 1. The molecule has 0 aliphatic carbocycles. The molecule has 1 amide bonds. The number of ether oxygens (including phenoxy) is 1. The number of methoxy groups -OCH3 is 1. The first-order chi connectivity index (χ1) is 13.4. The third-order valence-electron chi connectivity index (χ3n) is 4.21. The van der Waals surface area contributed by atoms with Gasteiger partial charge in [0.1, 0.15) is 12.1 Å². The number of carbonyl (C=O) groups excluding carboxylic acids is 2. The molecule has 0 unspecified atom stereocenters. The predicted molar refractivity (Wildman–Crippen MR) is 101 cm³/mol. The number of carbonyl (C=O) groups is 3. The van der Waals surface area contributed by atoms with Crippen LogP contribution in [0.2, 0.25) is 5.02 Å². The molecule has 0 bridgehead atoms. The quantitative estimate of drug-likeness (QED) is 0.311. The number of aromatic amines is 1. The van der Waals surface area contributed by atoms with Gasteiger partial charge < -0.3 is 25.7 Å². The van der Waals surface area contributed by atoms with Gasteiger partial charge in [-0.1, -0.05) is 17.7 Å². The minimum absolute atomic E-state index is 0.152. The number of amides is 1. The molecule has 0 radical (unpaired) electrons. The summed E-state index contributed by atoms with van der Waals surface area (Å²) in [5, 5.41) is 12.9. The number of H-pyrrole nitrogens is 1. The molecule has 2 atom stereocenters. The Morgan fingerprint density at radius 2 is 2.18 bits per heavy atom. The summed E-state index contributed by atoms with van der Waals surface area (Å²) in [5.41, 5.74) is 9.88. The lowest BCUT2D eigenvalue weighted by atomic mass is 10.0. The van der Waals surface area contributed by atoms with Crippen molar-refractivity contribution in [1.82, 2.24) is 10.3 Å². The van der Waals surface area contributed by atoms with Crippen molar-refractivity contribution in [2.24, 2.45) is 0 Å². The molecule has 2 rings (SSSR count). The monoisotopic (exact) mass is 406 g/mol. The number of aromatic nitrogens is 1. The van der Waals surface area contributed by atoms with Gasteiger partial charge in [-0.25, -0.2) is 4.79 Å². The second-order valence-corrected chi connectivity index (χ2v) is 6.46. The van der Waals surface area contributed by atoms with E-state index in [-0.39, 0.29) is 19.3 Å². The molecule has 0 saturated heterocycles. The Bertz CT molecular complexity index is 935. The number of hydrogen-bond acceptors (Lipinski definition) is 4. The molecule has 0 spiro atoms. The van der Waals surface area contributed by atoms with Crippen LogP contribution in [0.25, 0.3) is 16.4 Å². The molecule has 9 nitrogen and oxygen atoms in total. The second kappa shape index (κ2) is 9.80. The number of nitrogens with zero attached hydrogens (tertiary/aromatic N) is 2. The van der Waals surface area contributed by atoms with Crippen molar-refractivity contribution < 1.29 is 29.0 Å². The van der Waals surface area contributed by atoms with Gasteiger partial charge in [0, 0.05) is 37.1 Å². The average molecular weight is 407 g/mol. The van der Waals surface area contributed by atoms with Crippen LogP contribution in [0.1, 0.15) is 18.4 Å². The number of hydrogen-bond donors (Lipinski definition) is 3. The van der Waals surface area contributed by atoms with Gasteiger partial charge in [0.2, 0.25) is 11.7 Å². The number of carboxylic acids is 1. The Labute approximate surface area is 165 Å². The topological polar surface area (TPSA) is 145 Å². The summed E-state index contributed by atoms with van der Waals surface area (Å²) < 4.78 is 5.24. The zero-order chi connectivity index (χ0) is 20.7. The van der Waals surface area contributed by atoms with Crippen LogP contribution < -0.4 is 5.32 Å². The number of halogens is 1. The number of fused-ring (bicyclic) bond motifs is 1. The zero-order valence-electron chi connectivity index (χ0n) is 15.0. The molecule has 148 valence electrons. The summed E-state index contributed by atoms with van der Waals surface area (Å²) in [6.45, 7) is 0. The summed E-state index contributed by atoms with van der Waals surface area (Å²) in [6, 6.07) is 4.09. The first kappa shape index (κ1) is 21.3. The van der Waals surface area contributed by atoms with Gasteiger partial charge in [-0.3, -0.25) is 9.59 Å². The van der Waals surface area contributed by atoms with Gasteiger partial charge in [-0.15, -0.1) is 0 Å². The first-order valence-corrected chi connectivity index (χ1v) is 8.75. The highest BCUT2D eigenvalue weighted by atomic mass is 35.5. The van der Waals surface area contributed by atoms with Crippen LogP contribution in [-0.2, 0) is 25.5 Å². The first-order valence-electron chi connectivity index (χ1n) is 8.38. The lowest BCUT2D eigenvalue weighted by molar-refractivity contribution is -0.144. The van der Waals surface area contributed by atoms with Gasteiger partial charge in [0.15, 0.2) is 0 Å². The van der Waals surface area contributed by atoms with E-state index in [4.69, 9.17) is 21.9 Å². The highest BCUT2D eigenvalue weighted by molar-refractivity contribution is 6.35. The van der Waals surface area contributed by atoms with Gasteiger partial charge in [-0.05, 0) is 24.1 Å². The number of ketones is 1. The number of nitrogens with one attached hydrogen (secondary N) is 2. The second-order valence-electron chi connectivity index (χ2n) is 6.05. The van der Waals surface area contributed by atoms with Crippen molar-refractivity contribution >= 4 is 46.4 Å². The van der Waals surface area contributed by atoms with E-state index in [0.717, 1.165) is 16.5 Å². The Morgan fingerprint density at radius 3 is 2.82 bits per heavy atom. The summed E-state index contributed by atoms with van der Waals surface area (Å²) >= 11 is 6.23. The third kappa shape index (κ3) is 5.26. The normalized spacial score (nSPS) is 12.8. The van der Waals surface area contributed by atoms with Crippen LogP contribution >= 0.6 is 11.6 Å². The molecule has 0 aliphatic rings. The molecule has 10 heteroatoms. The van der Waals surface area contributed by atoms with E-state index < -0.39 is 29.8 Å². The van der Waals surface area contributed by atoms with Crippen molar-refractivity contribution in [3.05, 3.63) is 40.5 Å². The number of carboxylic acid groups (broad SMARTS) is 1. The van der Waals surface area contributed by atoms with E-state index in [1.807, 2.05) is 6.07 Å². The smallest absolute Gasteiger partial charge is 0.326 e. The van der Waals surface area contributed by atoms with E-state index in [1.54, 1.807) is 18.3 Å². The number of rotatable bonds is 10. The lowest BCUT2D eigenvalue weighted by Crippen LogP contribution is -2.46. The molecule has 0 saturated carbocycles. The SMILES string of the molecule is CO[C@@H](Cc1c[nH]c2cccc(Cl)c12)C(=O)N[C@@H](CCC(=O)C=[N+]=[N-])C(=O)O. The van der Waals surface area contributed by atoms with Crippen molar-refractivity contribution in [1.29, 1.82) is 0 Å². The highest BCUT2D eigenvalue weighted by Crippen LogP contribution is 2.27. The molecule has 0 fully saturated rings. The molecule has 2 aromatic rings. The highest BCUT2D eigenvalue weighted by Gasteiger charge is 2.27. The Balaban J connectivity index is 2.09. The lowest BCUT2D eigenvalue weighted by Gasteiger charge is -2.19. The minimum atomic E-state index is -1.29. The summed E-state index contributed by atoms with van der Waals surface area (Å²) in [5.74, 6) is -2.47. The van der Waals surface area contributed by atoms with Crippen molar-refractivity contribution in [3.8, 4) is 0 Å². The molecular formula is C18H19ClN4O5. The van der Waals surface area contributed by atoms with Crippen LogP contribution in [0.3, 0.4) is 0 Å². The van der Waals surface area contributed by atoms with E-state index in [1.165, 1.54) is 7.11 Å². The van der Waals surface area contributed by atoms with Crippen LogP contribution in [0.5, 0.6) is 0 Å². The van der Waals surface area contributed by atoms with Gasteiger partial charge in [0.05, 0.1) is 5.02 Å². The van der Waals surface area contributed by atoms with E-state index in [0.29, 0.717) is 11.2 Å². The third-order valence-corrected chi connectivity index (χ3v) is 4.53. The maximum atomic E-state index is 12.5. The molecule has 3 N–H and O–H groups in total. The molecule has 1 aromatic heterocycles. The van der Waals surface area contributed by atoms with Crippen LogP contribution in [-0.4, -0.2) is 58.0 Å². The minimum Gasteiger partial charge on any atom is -0.480 e. The number of benzene rings is 1. The van der Waals surface area contributed by atoms with Crippen molar-refractivity contribution in [3.63, 3.8) is 0 Å². The van der Waals surface area contributed by atoms with Gasteiger partial charge >= 0.3 is 12.2 Å². The largest absolute Gasteiger partial charge is 0.480 e. The molecule has 1 heterocycles. The number of aliphatic carboxylic acids is 1. The van der Waals surface area contributed by atoms with Gasteiger partial charge in [-0.2, -0.15) is 4.79 Å². The molecule has 1 aromatic carbocycles. The molecule has 28 heavy (non-hydrogen) atoms. The fourth-order valence-electron chi connectivity index (χ4n) is 2.79. The fourth-order valence-corrected chi connectivity index (χ4v) is 3.09. The van der Waals surface area contributed by atoms with Gasteiger partial charge in [0.25, 0.3) is 0 Å². The predicted octanol–water partition coefficient (Wildman–Crippen LogP) is 1.60. The van der Waals surface area contributed by atoms with Crippen molar-refractivity contribution in [2.75, 3.05) is 7.11 Å². The zero-order valence-corrected chi connectivity index (χ0v) is 15.8. The summed E-state index contributed by atoms with van der Waals surface area (Å²) in [4.78, 5) is 40.9. The van der Waals surface area contributed by atoms with Crippen LogP contribution in [0.15, 0.2) is 24.4 Å². The fraction of sp³-hybridized carbons (Fsp3) is 0.333.